The van der Waals surface area contributed by atoms with Crippen LogP contribution in [0.15, 0.2) is 12.4 Å². The van der Waals surface area contributed by atoms with Crippen LogP contribution in [-0.4, -0.2) is 42.2 Å². The number of rotatable bonds is 3. The molecule has 2 atom stereocenters. The van der Waals surface area contributed by atoms with Gasteiger partial charge in [-0.2, -0.15) is 0 Å². The first-order chi connectivity index (χ1) is 8.20. The highest BCUT2D eigenvalue weighted by Gasteiger charge is 2.33. The molecule has 92 valence electrons. The Morgan fingerprint density at radius 1 is 1.53 bits per heavy atom. The van der Waals surface area contributed by atoms with Gasteiger partial charge in [0.25, 0.3) is 0 Å². The van der Waals surface area contributed by atoms with Crippen LogP contribution < -0.4 is 10.6 Å². The molecule has 1 aromatic rings. The second-order valence-corrected chi connectivity index (χ2v) is 4.14. The highest BCUT2D eigenvalue weighted by atomic mass is 35.5. The number of hydrogen-bond donors (Lipinski definition) is 2. The summed E-state index contributed by atoms with van der Waals surface area (Å²) in [6, 6.07) is 1.54. The molecule has 7 heteroatoms. The Labute approximate surface area is 104 Å². The normalized spacial score (nSPS) is 23.6. The zero-order valence-corrected chi connectivity index (χ0v) is 10.1. The minimum atomic E-state index is -0.214. The van der Waals surface area contributed by atoms with Gasteiger partial charge in [-0.1, -0.05) is 11.6 Å². The molecular formula is C10H13ClN4O2. The number of carbonyl (C=O) groups is 1. The Hall–Kier alpha value is -1.24. The second kappa shape index (κ2) is 5.39. The molecule has 0 spiro atoms. The highest BCUT2D eigenvalue weighted by Crippen LogP contribution is 2.16. The second-order valence-electron chi connectivity index (χ2n) is 3.75. The molecule has 1 aliphatic rings. The van der Waals surface area contributed by atoms with Crippen LogP contribution in [0.3, 0.4) is 0 Å². The molecule has 2 N–H and O–H groups in total. The van der Waals surface area contributed by atoms with E-state index < -0.39 is 0 Å². The number of hydrogen-bond acceptors (Lipinski definition) is 5. The average Bonchev–Trinajstić information content (AvgIpc) is 2.77. The first-order valence-corrected chi connectivity index (χ1v) is 5.62. The predicted molar refractivity (Wildman–Crippen MR) is 62.8 cm³/mol. The molecule has 0 radical (unpaired) electrons. The summed E-state index contributed by atoms with van der Waals surface area (Å²) >= 11 is 5.70. The number of nitrogens with one attached hydrogen (secondary N) is 2. The van der Waals surface area contributed by atoms with Gasteiger partial charge >= 0.3 is 0 Å². The summed E-state index contributed by atoms with van der Waals surface area (Å²) in [4.78, 5) is 19.6. The largest absolute Gasteiger partial charge is 0.379 e. The van der Waals surface area contributed by atoms with Crippen LogP contribution in [0, 0.1) is 5.92 Å². The van der Waals surface area contributed by atoms with Gasteiger partial charge in [0.1, 0.15) is 17.3 Å². The van der Waals surface area contributed by atoms with Gasteiger partial charge < -0.3 is 15.4 Å². The van der Waals surface area contributed by atoms with Crippen LogP contribution >= 0.6 is 11.6 Å². The van der Waals surface area contributed by atoms with Crippen molar-refractivity contribution in [3.63, 3.8) is 0 Å². The minimum absolute atomic E-state index is 0.0345. The van der Waals surface area contributed by atoms with Crippen LogP contribution in [-0.2, 0) is 9.53 Å². The van der Waals surface area contributed by atoms with Gasteiger partial charge in [-0.3, -0.25) is 4.79 Å². The van der Waals surface area contributed by atoms with E-state index >= 15 is 0 Å². The van der Waals surface area contributed by atoms with Gasteiger partial charge in [-0.05, 0) is 7.05 Å². The Bertz CT molecular complexity index is 415. The lowest BCUT2D eigenvalue weighted by Gasteiger charge is -2.15. The Balaban J connectivity index is 2.01. The molecule has 0 aromatic carbocycles. The molecule has 2 heterocycles. The quantitative estimate of drug-likeness (QED) is 0.761. The molecular weight excluding hydrogens is 244 g/mol. The number of anilines is 1. The van der Waals surface area contributed by atoms with Crippen molar-refractivity contribution in [2.45, 2.75) is 6.04 Å². The summed E-state index contributed by atoms with van der Waals surface area (Å²) in [6.07, 6.45) is 1.30. The minimum Gasteiger partial charge on any atom is -0.379 e. The first-order valence-electron chi connectivity index (χ1n) is 5.24. The lowest BCUT2D eigenvalue weighted by Crippen LogP contribution is -2.39. The van der Waals surface area contributed by atoms with Crippen LogP contribution in [0.25, 0.3) is 0 Å². The summed E-state index contributed by atoms with van der Waals surface area (Å²) in [5, 5.41) is 6.04. The lowest BCUT2D eigenvalue weighted by atomic mass is 10.0. The van der Waals surface area contributed by atoms with Crippen molar-refractivity contribution in [1.82, 2.24) is 15.3 Å². The molecule has 0 bridgehead atoms. The van der Waals surface area contributed by atoms with Crippen molar-refractivity contribution in [2.24, 2.45) is 5.92 Å². The van der Waals surface area contributed by atoms with E-state index in [1.54, 1.807) is 7.05 Å². The summed E-state index contributed by atoms with van der Waals surface area (Å²) in [5.41, 5.74) is 0. The van der Waals surface area contributed by atoms with Crippen molar-refractivity contribution >= 4 is 23.3 Å². The SMILES string of the molecule is CNC1COCC1C(=O)Nc1cc(Cl)ncn1. The lowest BCUT2D eigenvalue weighted by molar-refractivity contribution is -0.120. The van der Waals surface area contributed by atoms with Crippen LogP contribution in [0.4, 0.5) is 5.82 Å². The summed E-state index contributed by atoms with van der Waals surface area (Å²) in [6.45, 7) is 0.954. The fraction of sp³-hybridized carbons (Fsp3) is 0.500. The van der Waals surface area contributed by atoms with Gasteiger partial charge in [0.05, 0.1) is 19.1 Å². The average molecular weight is 257 g/mol. The summed E-state index contributed by atoms with van der Waals surface area (Å²) in [5.74, 6) is 0.0575. The molecule has 6 nitrogen and oxygen atoms in total. The summed E-state index contributed by atoms with van der Waals surface area (Å²) < 4.78 is 5.26. The standard InChI is InChI=1S/C10H13ClN4O2/c1-12-7-4-17-3-6(7)10(16)15-9-2-8(11)13-5-14-9/h2,5-7,12H,3-4H2,1H3,(H,13,14,15,16). The maximum atomic E-state index is 12.0. The fourth-order valence-corrected chi connectivity index (χ4v) is 1.87. The Morgan fingerprint density at radius 2 is 2.35 bits per heavy atom. The van der Waals surface area contributed by atoms with E-state index in [4.69, 9.17) is 16.3 Å². The Kier molecular flexibility index (Phi) is 3.88. The number of aromatic nitrogens is 2. The van der Waals surface area contributed by atoms with E-state index in [-0.39, 0.29) is 17.9 Å². The number of halogens is 1. The maximum Gasteiger partial charge on any atom is 0.232 e. The van der Waals surface area contributed by atoms with Gasteiger partial charge in [0, 0.05) is 12.1 Å². The maximum absolute atomic E-state index is 12.0. The molecule has 2 rings (SSSR count). The van der Waals surface area contributed by atoms with E-state index in [1.807, 2.05) is 0 Å². The summed E-state index contributed by atoms with van der Waals surface area (Å²) in [7, 11) is 1.81. The number of carbonyl (C=O) groups excluding carboxylic acids is 1. The molecule has 2 unspecified atom stereocenters. The van der Waals surface area contributed by atoms with Gasteiger partial charge in [-0.15, -0.1) is 0 Å². The monoisotopic (exact) mass is 256 g/mol. The van der Waals surface area contributed by atoms with Crippen molar-refractivity contribution in [2.75, 3.05) is 25.6 Å². The van der Waals surface area contributed by atoms with Gasteiger partial charge in [0.2, 0.25) is 5.91 Å². The van der Waals surface area contributed by atoms with E-state index in [1.165, 1.54) is 12.4 Å². The van der Waals surface area contributed by atoms with Crippen LogP contribution in [0.5, 0.6) is 0 Å². The number of likely N-dealkylation sites (N-methyl/N-ethyl adjacent to an activating group) is 1. The molecule has 0 aliphatic carbocycles. The van der Waals surface area contributed by atoms with Crippen LogP contribution in [0.1, 0.15) is 0 Å². The molecule has 0 saturated carbocycles. The van der Waals surface area contributed by atoms with Crippen molar-refractivity contribution in [3.8, 4) is 0 Å². The third kappa shape index (κ3) is 2.91. The van der Waals surface area contributed by atoms with Gasteiger partial charge in [0.15, 0.2) is 0 Å². The van der Waals surface area contributed by atoms with Crippen molar-refractivity contribution in [1.29, 1.82) is 0 Å². The van der Waals surface area contributed by atoms with E-state index in [2.05, 4.69) is 20.6 Å². The van der Waals surface area contributed by atoms with E-state index in [0.29, 0.717) is 24.2 Å². The molecule has 1 aliphatic heterocycles. The van der Waals surface area contributed by atoms with E-state index in [0.717, 1.165) is 0 Å². The smallest absolute Gasteiger partial charge is 0.232 e. The predicted octanol–water partition coefficient (Wildman–Crippen LogP) is 0.303. The highest BCUT2D eigenvalue weighted by molar-refractivity contribution is 6.29. The van der Waals surface area contributed by atoms with Gasteiger partial charge in [-0.25, -0.2) is 9.97 Å². The Morgan fingerprint density at radius 3 is 3.06 bits per heavy atom. The van der Waals surface area contributed by atoms with Crippen molar-refractivity contribution in [3.05, 3.63) is 17.5 Å². The topological polar surface area (TPSA) is 76.1 Å². The third-order valence-corrected chi connectivity index (χ3v) is 2.88. The first kappa shape index (κ1) is 12.2. The van der Waals surface area contributed by atoms with E-state index in [9.17, 15) is 4.79 Å². The van der Waals surface area contributed by atoms with Crippen molar-refractivity contribution < 1.29 is 9.53 Å². The molecule has 1 aromatic heterocycles. The van der Waals surface area contributed by atoms with Crippen LogP contribution in [0.2, 0.25) is 5.15 Å². The zero-order chi connectivity index (χ0) is 12.3. The molecule has 1 saturated heterocycles. The molecule has 1 amide bonds. The number of nitrogens with zero attached hydrogens (tertiary/aromatic N) is 2. The number of amides is 1. The fourth-order valence-electron chi connectivity index (χ4n) is 1.72. The number of ether oxygens (including phenoxy) is 1. The molecule has 1 fully saturated rings. The third-order valence-electron chi connectivity index (χ3n) is 2.67. The molecule has 17 heavy (non-hydrogen) atoms. The zero-order valence-electron chi connectivity index (χ0n) is 9.31.